The fourth-order valence-electron chi connectivity index (χ4n) is 2.06. The number of hydrogen-bond donors (Lipinski definition) is 2. The monoisotopic (exact) mass is 384 g/mol. The van der Waals surface area contributed by atoms with Crippen LogP contribution in [0.2, 0.25) is 5.02 Å². The molecule has 2 rings (SSSR count). The minimum atomic E-state index is -3.87. The smallest absolute Gasteiger partial charge is 0.262 e. The molecule has 0 heterocycles. The Bertz CT molecular complexity index is 882. The van der Waals surface area contributed by atoms with Gasteiger partial charge in [0, 0.05) is 18.7 Å². The van der Waals surface area contributed by atoms with Crippen molar-refractivity contribution < 1.29 is 22.7 Å². The molecule has 0 atom stereocenters. The van der Waals surface area contributed by atoms with Gasteiger partial charge in [-0.1, -0.05) is 11.6 Å². The maximum atomic E-state index is 12.5. The molecule has 0 bridgehead atoms. The molecule has 0 radical (unpaired) electrons. The van der Waals surface area contributed by atoms with E-state index >= 15 is 0 Å². The average Bonchev–Trinajstić information content (AvgIpc) is 2.54. The number of benzene rings is 2. The van der Waals surface area contributed by atoms with Crippen molar-refractivity contribution in [2.75, 3.05) is 24.3 Å². The molecule has 0 aliphatic carbocycles. The first kappa shape index (κ1) is 18.9. The van der Waals surface area contributed by atoms with Gasteiger partial charge in [0.15, 0.2) is 0 Å². The number of halogens is 1. The van der Waals surface area contributed by atoms with E-state index in [-0.39, 0.29) is 27.3 Å². The molecule has 25 heavy (non-hydrogen) atoms. The van der Waals surface area contributed by atoms with Crippen LogP contribution in [0.5, 0.6) is 11.5 Å². The van der Waals surface area contributed by atoms with Crippen LogP contribution in [-0.4, -0.2) is 28.5 Å². The summed E-state index contributed by atoms with van der Waals surface area (Å²) in [5, 5.41) is 2.80. The topological polar surface area (TPSA) is 93.7 Å². The first-order valence-electron chi connectivity index (χ1n) is 7.09. The average molecular weight is 385 g/mol. The normalized spacial score (nSPS) is 10.9. The lowest BCUT2D eigenvalue weighted by Gasteiger charge is -2.14. The summed E-state index contributed by atoms with van der Waals surface area (Å²) >= 11 is 6.05. The SMILES string of the molecule is COc1cc(OC)c(NS(=O)(=O)c2ccc(NC(C)=O)cc2)cc1Cl. The summed E-state index contributed by atoms with van der Waals surface area (Å²) in [5.41, 5.74) is 0.677. The summed E-state index contributed by atoms with van der Waals surface area (Å²) in [4.78, 5) is 11.0. The third-order valence-electron chi connectivity index (χ3n) is 3.20. The second-order valence-corrected chi connectivity index (χ2v) is 7.09. The number of sulfonamides is 1. The third kappa shape index (κ3) is 4.55. The van der Waals surface area contributed by atoms with Crippen LogP contribution in [0.4, 0.5) is 11.4 Å². The maximum Gasteiger partial charge on any atom is 0.262 e. The summed E-state index contributed by atoms with van der Waals surface area (Å²) in [6.45, 7) is 1.37. The Labute approximate surface area is 151 Å². The van der Waals surface area contributed by atoms with Crippen molar-refractivity contribution in [1.29, 1.82) is 0 Å². The predicted molar refractivity (Wildman–Crippen MR) is 96.1 cm³/mol. The van der Waals surface area contributed by atoms with Gasteiger partial charge in [0.25, 0.3) is 10.0 Å². The lowest BCUT2D eigenvalue weighted by atomic mass is 10.3. The molecule has 0 fully saturated rings. The highest BCUT2D eigenvalue weighted by Gasteiger charge is 2.18. The molecular formula is C16H17ClN2O5S. The molecule has 9 heteroatoms. The Morgan fingerprint density at radius 2 is 1.64 bits per heavy atom. The Balaban J connectivity index is 2.32. The number of amides is 1. The maximum absolute atomic E-state index is 12.5. The van der Waals surface area contributed by atoms with Gasteiger partial charge in [0.1, 0.15) is 11.5 Å². The first-order valence-corrected chi connectivity index (χ1v) is 8.95. The van der Waals surface area contributed by atoms with E-state index in [2.05, 4.69) is 10.0 Å². The molecular weight excluding hydrogens is 368 g/mol. The van der Waals surface area contributed by atoms with E-state index in [4.69, 9.17) is 21.1 Å². The van der Waals surface area contributed by atoms with Gasteiger partial charge in [-0.3, -0.25) is 9.52 Å². The zero-order valence-corrected chi connectivity index (χ0v) is 15.4. The summed E-state index contributed by atoms with van der Waals surface area (Å²) in [7, 11) is -1.02. The largest absolute Gasteiger partial charge is 0.495 e. The number of nitrogens with one attached hydrogen (secondary N) is 2. The predicted octanol–water partition coefficient (Wildman–Crippen LogP) is 3.12. The summed E-state index contributed by atoms with van der Waals surface area (Å²) < 4.78 is 37.8. The van der Waals surface area contributed by atoms with Crippen molar-refractivity contribution in [3.63, 3.8) is 0 Å². The lowest BCUT2D eigenvalue weighted by Crippen LogP contribution is -2.14. The zero-order valence-electron chi connectivity index (χ0n) is 13.8. The van der Waals surface area contributed by atoms with E-state index in [0.717, 1.165) is 0 Å². The van der Waals surface area contributed by atoms with Crippen LogP contribution in [0.25, 0.3) is 0 Å². The number of hydrogen-bond acceptors (Lipinski definition) is 5. The van der Waals surface area contributed by atoms with E-state index in [9.17, 15) is 13.2 Å². The second kappa shape index (κ2) is 7.62. The number of carbonyl (C=O) groups is 1. The number of anilines is 2. The second-order valence-electron chi connectivity index (χ2n) is 5.00. The molecule has 0 aliphatic rings. The molecule has 0 spiro atoms. The van der Waals surface area contributed by atoms with Gasteiger partial charge >= 0.3 is 0 Å². The van der Waals surface area contributed by atoms with Gasteiger partial charge in [-0.05, 0) is 30.3 Å². The van der Waals surface area contributed by atoms with E-state index in [1.165, 1.54) is 57.5 Å². The lowest BCUT2D eigenvalue weighted by molar-refractivity contribution is -0.114. The molecule has 0 aromatic heterocycles. The highest BCUT2D eigenvalue weighted by Crippen LogP contribution is 2.36. The number of methoxy groups -OCH3 is 2. The van der Waals surface area contributed by atoms with Crippen LogP contribution >= 0.6 is 11.6 Å². The van der Waals surface area contributed by atoms with Gasteiger partial charge in [0.2, 0.25) is 5.91 Å². The fourth-order valence-corrected chi connectivity index (χ4v) is 3.37. The van der Waals surface area contributed by atoms with Crippen molar-refractivity contribution in [2.24, 2.45) is 0 Å². The van der Waals surface area contributed by atoms with E-state index in [1.54, 1.807) is 0 Å². The summed E-state index contributed by atoms with van der Waals surface area (Å²) in [5.74, 6) is 0.382. The van der Waals surface area contributed by atoms with Gasteiger partial charge in [-0.2, -0.15) is 0 Å². The number of rotatable bonds is 6. The molecule has 2 aromatic rings. The quantitative estimate of drug-likeness (QED) is 0.798. The van der Waals surface area contributed by atoms with Crippen molar-refractivity contribution >= 4 is 38.9 Å². The summed E-state index contributed by atoms with van der Waals surface area (Å²) in [6.07, 6.45) is 0. The minimum Gasteiger partial charge on any atom is -0.495 e. The van der Waals surface area contributed by atoms with Crippen LogP contribution in [0.15, 0.2) is 41.3 Å². The Morgan fingerprint density at radius 1 is 1.04 bits per heavy atom. The molecule has 1 amide bonds. The van der Waals surface area contributed by atoms with Gasteiger partial charge in [-0.15, -0.1) is 0 Å². The van der Waals surface area contributed by atoms with Gasteiger partial charge in [-0.25, -0.2) is 8.42 Å². The van der Waals surface area contributed by atoms with Crippen LogP contribution in [-0.2, 0) is 14.8 Å². The third-order valence-corrected chi connectivity index (χ3v) is 4.88. The molecule has 0 aliphatic heterocycles. The minimum absolute atomic E-state index is 0.0237. The van der Waals surface area contributed by atoms with Crippen molar-refractivity contribution in [3.8, 4) is 11.5 Å². The Hall–Kier alpha value is -2.45. The van der Waals surface area contributed by atoms with E-state index in [1.807, 2.05) is 0 Å². The van der Waals surface area contributed by atoms with E-state index < -0.39 is 10.0 Å². The summed E-state index contributed by atoms with van der Waals surface area (Å²) in [6, 6.07) is 8.64. The fraction of sp³-hybridized carbons (Fsp3) is 0.188. The molecule has 2 aromatic carbocycles. The molecule has 0 saturated carbocycles. The van der Waals surface area contributed by atoms with Crippen LogP contribution < -0.4 is 19.5 Å². The van der Waals surface area contributed by atoms with Crippen molar-refractivity contribution in [3.05, 3.63) is 41.4 Å². The first-order chi connectivity index (χ1) is 11.8. The van der Waals surface area contributed by atoms with Crippen LogP contribution in [0.3, 0.4) is 0 Å². The van der Waals surface area contributed by atoms with Crippen molar-refractivity contribution in [2.45, 2.75) is 11.8 Å². The highest BCUT2D eigenvalue weighted by molar-refractivity contribution is 7.92. The van der Waals surface area contributed by atoms with Crippen LogP contribution in [0.1, 0.15) is 6.92 Å². The highest BCUT2D eigenvalue weighted by atomic mass is 35.5. The number of ether oxygens (including phenoxy) is 2. The van der Waals surface area contributed by atoms with Crippen molar-refractivity contribution in [1.82, 2.24) is 0 Å². The molecule has 0 unspecified atom stereocenters. The molecule has 0 saturated heterocycles. The molecule has 134 valence electrons. The Kier molecular flexibility index (Phi) is 5.76. The van der Waals surface area contributed by atoms with Crippen LogP contribution in [0, 0.1) is 0 Å². The number of carbonyl (C=O) groups excluding carboxylic acids is 1. The Morgan fingerprint density at radius 3 is 2.16 bits per heavy atom. The molecule has 2 N–H and O–H groups in total. The van der Waals surface area contributed by atoms with Gasteiger partial charge < -0.3 is 14.8 Å². The van der Waals surface area contributed by atoms with Gasteiger partial charge in [0.05, 0.1) is 29.8 Å². The standard InChI is InChI=1S/C16H17ClN2O5S/c1-10(20)18-11-4-6-12(7-5-11)25(21,22)19-14-8-13(17)15(23-2)9-16(14)24-3/h4-9,19H,1-3H3,(H,18,20). The zero-order chi connectivity index (χ0) is 18.6. The van der Waals surface area contributed by atoms with E-state index in [0.29, 0.717) is 11.4 Å². The molecule has 7 nitrogen and oxygen atoms in total.